The maximum absolute atomic E-state index is 5.45. The summed E-state index contributed by atoms with van der Waals surface area (Å²) >= 11 is 3.63. The SMILES string of the molecule is CC1CCCC(NCc2cc3c(cc2Br)OCO3)C1C. The molecule has 1 fully saturated rings. The summed E-state index contributed by atoms with van der Waals surface area (Å²) < 4.78 is 11.9. The summed E-state index contributed by atoms with van der Waals surface area (Å²) in [6.07, 6.45) is 3.99. The van der Waals surface area contributed by atoms with Crippen molar-refractivity contribution in [3.63, 3.8) is 0 Å². The van der Waals surface area contributed by atoms with Crippen LogP contribution in [0.3, 0.4) is 0 Å². The zero-order valence-corrected chi connectivity index (χ0v) is 13.7. The smallest absolute Gasteiger partial charge is 0.231 e. The van der Waals surface area contributed by atoms with E-state index in [4.69, 9.17) is 9.47 Å². The van der Waals surface area contributed by atoms with Gasteiger partial charge in [-0.15, -0.1) is 0 Å². The second-order valence-corrected chi connectivity index (χ2v) is 6.91. The van der Waals surface area contributed by atoms with Gasteiger partial charge in [-0.05, 0) is 36.0 Å². The molecule has 1 N–H and O–H groups in total. The minimum atomic E-state index is 0.329. The standard InChI is InChI=1S/C16H22BrNO2/c1-10-4-3-5-14(11(10)2)18-8-12-6-15-16(7-13(12)17)20-9-19-15/h6-7,10-11,14,18H,3-5,8-9H2,1-2H3. The fourth-order valence-corrected chi connectivity index (χ4v) is 3.67. The maximum Gasteiger partial charge on any atom is 0.231 e. The third-order valence-electron chi connectivity index (χ3n) is 4.80. The molecule has 0 saturated heterocycles. The predicted octanol–water partition coefficient (Wildman–Crippen LogP) is 4.09. The van der Waals surface area contributed by atoms with E-state index in [-0.39, 0.29) is 0 Å². The summed E-state index contributed by atoms with van der Waals surface area (Å²) in [6.45, 7) is 5.94. The van der Waals surface area contributed by atoms with Gasteiger partial charge in [-0.1, -0.05) is 42.6 Å². The first-order valence-electron chi connectivity index (χ1n) is 7.46. The molecule has 1 aliphatic heterocycles. The molecule has 3 unspecified atom stereocenters. The van der Waals surface area contributed by atoms with E-state index in [9.17, 15) is 0 Å². The Labute approximate surface area is 129 Å². The second-order valence-electron chi connectivity index (χ2n) is 6.05. The van der Waals surface area contributed by atoms with Crippen molar-refractivity contribution in [1.29, 1.82) is 0 Å². The third kappa shape index (κ3) is 2.82. The summed E-state index contributed by atoms with van der Waals surface area (Å²) in [5.74, 6) is 3.26. The van der Waals surface area contributed by atoms with Crippen LogP contribution >= 0.6 is 15.9 Å². The van der Waals surface area contributed by atoms with E-state index in [1.807, 2.05) is 6.07 Å². The van der Waals surface area contributed by atoms with Crippen LogP contribution in [-0.4, -0.2) is 12.8 Å². The van der Waals surface area contributed by atoms with Crippen LogP contribution in [0.5, 0.6) is 11.5 Å². The van der Waals surface area contributed by atoms with Crippen molar-refractivity contribution in [2.45, 2.75) is 45.7 Å². The molecule has 0 bridgehead atoms. The highest BCUT2D eigenvalue weighted by Crippen LogP contribution is 2.37. The zero-order valence-electron chi connectivity index (χ0n) is 12.1. The normalized spacial score (nSPS) is 28.6. The summed E-state index contributed by atoms with van der Waals surface area (Å²) in [5.41, 5.74) is 1.24. The minimum Gasteiger partial charge on any atom is -0.454 e. The Morgan fingerprint density at radius 2 is 1.95 bits per heavy atom. The van der Waals surface area contributed by atoms with Crippen LogP contribution in [0, 0.1) is 11.8 Å². The van der Waals surface area contributed by atoms with Gasteiger partial charge in [0, 0.05) is 17.1 Å². The van der Waals surface area contributed by atoms with Gasteiger partial charge in [0.2, 0.25) is 6.79 Å². The van der Waals surface area contributed by atoms with Crippen molar-refractivity contribution >= 4 is 15.9 Å². The lowest BCUT2D eigenvalue weighted by atomic mass is 9.78. The van der Waals surface area contributed by atoms with Gasteiger partial charge in [0.25, 0.3) is 0 Å². The average Bonchev–Trinajstić information content (AvgIpc) is 2.87. The number of halogens is 1. The van der Waals surface area contributed by atoms with Crippen molar-refractivity contribution in [2.24, 2.45) is 11.8 Å². The van der Waals surface area contributed by atoms with Crippen molar-refractivity contribution in [2.75, 3.05) is 6.79 Å². The van der Waals surface area contributed by atoms with Crippen LogP contribution in [0.4, 0.5) is 0 Å². The molecule has 0 amide bonds. The fourth-order valence-electron chi connectivity index (χ4n) is 3.21. The molecular formula is C16H22BrNO2. The van der Waals surface area contributed by atoms with Gasteiger partial charge in [-0.3, -0.25) is 0 Å². The molecule has 0 spiro atoms. The summed E-state index contributed by atoms with van der Waals surface area (Å²) in [7, 11) is 0. The van der Waals surface area contributed by atoms with Gasteiger partial charge in [-0.25, -0.2) is 0 Å². The highest BCUT2D eigenvalue weighted by atomic mass is 79.9. The molecule has 2 aliphatic rings. The molecule has 1 aliphatic carbocycles. The monoisotopic (exact) mass is 339 g/mol. The van der Waals surface area contributed by atoms with E-state index in [1.165, 1.54) is 24.8 Å². The molecule has 0 radical (unpaired) electrons. The van der Waals surface area contributed by atoms with Crippen LogP contribution in [0.25, 0.3) is 0 Å². The summed E-state index contributed by atoms with van der Waals surface area (Å²) in [6, 6.07) is 4.71. The summed E-state index contributed by atoms with van der Waals surface area (Å²) in [4.78, 5) is 0. The molecule has 1 aromatic rings. The fraction of sp³-hybridized carbons (Fsp3) is 0.625. The van der Waals surface area contributed by atoms with E-state index >= 15 is 0 Å². The number of nitrogens with one attached hydrogen (secondary N) is 1. The third-order valence-corrected chi connectivity index (χ3v) is 5.54. The number of rotatable bonds is 3. The Kier molecular flexibility index (Phi) is 4.22. The Morgan fingerprint density at radius 1 is 1.20 bits per heavy atom. The van der Waals surface area contributed by atoms with Gasteiger partial charge in [0.1, 0.15) is 0 Å². The average molecular weight is 340 g/mol. The first kappa shape index (κ1) is 14.2. The Balaban J connectivity index is 1.66. The van der Waals surface area contributed by atoms with E-state index in [0.29, 0.717) is 12.8 Å². The van der Waals surface area contributed by atoms with Crippen LogP contribution in [0.2, 0.25) is 0 Å². The number of hydrogen-bond acceptors (Lipinski definition) is 3. The highest BCUT2D eigenvalue weighted by molar-refractivity contribution is 9.10. The van der Waals surface area contributed by atoms with Gasteiger partial charge in [0.05, 0.1) is 0 Å². The van der Waals surface area contributed by atoms with Crippen LogP contribution in [-0.2, 0) is 6.54 Å². The summed E-state index contributed by atoms with van der Waals surface area (Å²) in [5, 5.41) is 3.72. The first-order chi connectivity index (χ1) is 9.65. The number of ether oxygens (including phenoxy) is 2. The Morgan fingerprint density at radius 3 is 2.75 bits per heavy atom. The van der Waals surface area contributed by atoms with Crippen LogP contribution in [0.1, 0.15) is 38.7 Å². The first-order valence-corrected chi connectivity index (χ1v) is 8.26. The lowest BCUT2D eigenvalue weighted by Gasteiger charge is -2.35. The molecule has 110 valence electrons. The molecule has 3 nitrogen and oxygen atoms in total. The van der Waals surface area contributed by atoms with Gasteiger partial charge >= 0.3 is 0 Å². The largest absolute Gasteiger partial charge is 0.454 e. The lowest BCUT2D eigenvalue weighted by molar-refractivity contribution is 0.174. The minimum absolute atomic E-state index is 0.329. The molecule has 4 heteroatoms. The number of fused-ring (bicyclic) bond motifs is 1. The molecule has 1 saturated carbocycles. The topological polar surface area (TPSA) is 30.5 Å². The van der Waals surface area contributed by atoms with Crippen molar-refractivity contribution in [3.05, 3.63) is 22.2 Å². The van der Waals surface area contributed by atoms with E-state index in [1.54, 1.807) is 0 Å². The Hall–Kier alpha value is -0.740. The van der Waals surface area contributed by atoms with E-state index < -0.39 is 0 Å². The molecule has 1 heterocycles. The van der Waals surface area contributed by atoms with Crippen molar-refractivity contribution in [3.8, 4) is 11.5 Å². The molecule has 3 atom stereocenters. The van der Waals surface area contributed by atoms with Crippen molar-refractivity contribution in [1.82, 2.24) is 5.32 Å². The maximum atomic E-state index is 5.45. The van der Waals surface area contributed by atoms with Crippen LogP contribution in [0.15, 0.2) is 16.6 Å². The van der Waals surface area contributed by atoms with E-state index in [2.05, 4.69) is 41.2 Å². The molecular weight excluding hydrogens is 318 g/mol. The van der Waals surface area contributed by atoms with Crippen LogP contribution < -0.4 is 14.8 Å². The lowest BCUT2D eigenvalue weighted by Crippen LogP contribution is -2.40. The quantitative estimate of drug-likeness (QED) is 0.899. The van der Waals surface area contributed by atoms with Crippen molar-refractivity contribution < 1.29 is 9.47 Å². The second kappa shape index (κ2) is 5.94. The van der Waals surface area contributed by atoms with Gasteiger partial charge in [0.15, 0.2) is 11.5 Å². The number of hydrogen-bond donors (Lipinski definition) is 1. The molecule has 3 rings (SSSR count). The number of benzene rings is 1. The Bertz CT molecular complexity index is 492. The van der Waals surface area contributed by atoms with Gasteiger partial charge < -0.3 is 14.8 Å². The molecule has 0 aromatic heterocycles. The highest BCUT2D eigenvalue weighted by Gasteiger charge is 2.26. The van der Waals surface area contributed by atoms with E-state index in [0.717, 1.165) is 34.4 Å². The predicted molar refractivity (Wildman–Crippen MR) is 83.1 cm³/mol. The van der Waals surface area contributed by atoms with Gasteiger partial charge in [-0.2, -0.15) is 0 Å². The molecule has 1 aromatic carbocycles. The molecule has 20 heavy (non-hydrogen) atoms. The zero-order chi connectivity index (χ0) is 14.1.